The maximum atomic E-state index is 5.81. The molecule has 0 saturated heterocycles. The lowest BCUT2D eigenvalue weighted by atomic mass is 9.98. The van der Waals surface area contributed by atoms with Gasteiger partial charge in [-0.05, 0) is 24.8 Å². The number of ether oxygens (including phenoxy) is 1. The molecule has 75 valence electrons. The molecule has 0 heterocycles. The molecule has 1 heteroatoms. The third-order valence-corrected chi connectivity index (χ3v) is 2.68. The Kier molecular flexibility index (Phi) is 3.58. The summed E-state index contributed by atoms with van der Waals surface area (Å²) in [4.78, 5) is 0. The van der Waals surface area contributed by atoms with E-state index in [0.29, 0.717) is 6.10 Å². The van der Waals surface area contributed by atoms with Crippen molar-refractivity contribution in [1.82, 2.24) is 0 Å². The van der Waals surface area contributed by atoms with Gasteiger partial charge in [0.05, 0.1) is 12.7 Å². The smallest absolute Gasteiger partial charge is 0.0720 e. The van der Waals surface area contributed by atoms with E-state index in [0.717, 1.165) is 6.61 Å². The lowest BCUT2D eigenvalue weighted by molar-refractivity contribution is 0.0453. The highest BCUT2D eigenvalue weighted by Crippen LogP contribution is 2.20. The summed E-state index contributed by atoms with van der Waals surface area (Å²) in [6, 6.07) is 10.4. The lowest BCUT2D eigenvalue weighted by Crippen LogP contribution is -2.16. The van der Waals surface area contributed by atoms with E-state index in [2.05, 4.69) is 30.7 Å². The standard InChI is InChI=1S/C13H17O/c1-3-7-12(8-4-1)11-14-13-9-5-2-6-10-13/h1,3-4,7-9,13H,2,5-6,10-11H2. The Morgan fingerprint density at radius 1 is 1.14 bits per heavy atom. The Labute approximate surface area is 86.1 Å². The summed E-state index contributed by atoms with van der Waals surface area (Å²) in [6.07, 6.45) is 7.78. The van der Waals surface area contributed by atoms with Crippen molar-refractivity contribution in [1.29, 1.82) is 0 Å². The van der Waals surface area contributed by atoms with E-state index in [1.165, 1.54) is 31.2 Å². The van der Waals surface area contributed by atoms with Gasteiger partial charge in [-0.1, -0.05) is 43.2 Å². The summed E-state index contributed by atoms with van der Waals surface area (Å²) in [6.45, 7) is 0.752. The fourth-order valence-corrected chi connectivity index (χ4v) is 1.84. The molecule has 1 saturated carbocycles. The van der Waals surface area contributed by atoms with Gasteiger partial charge in [-0.25, -0.2) is 0 Å². The van der Waals surface area contributed by atoms with Crippen LogP contribution in [0.3, 0.4) is 0 Å². The van der Waals surface area contributed by atoms with Crippen molar-refractivity contribution in [2.24, 2.45) is 0 Å². The zero-order chi connectivity index (χ0) is 9.64. The predicted molar refractivity (Wildman–Crippen MR) is 57.8 cm³/mol. The van der Waals surface area contributed by atoms with Crippen molar-refractivity contribution in [3.63, 3.8) is 0 Å². The molecule has 14 heavy (non-hydrogen) atoms. The molecule has 0 N–H and O–H groups in total. The molecule has 1 aliphatic rings. The van der Waals surface area contributed by atoms with Crippen LogP contribution in [0.4, 0.5) is 0 Å². The van der Waals surface area contributed by atoms with Crippen LogP contribution in [-0.2, 0) is 11.3 Å². The van der Waals surface area contributed by atoms with Gasteiger partial charge in [0.25, 0.3) is 0 Å². The van der Waals surface area contributed by atoms with E-state index in [-0.39, 0.29) is 0 Å². The van der Waals surface area contributed by atoms with Gasteiger partial charge in [0.1, 0.15) is 0 Å². The second-order valence-electron chi connectivity index (χ2n) is 3.86. The van der Waals surface area contributed by atoms with Crippen LogP contribution in [-0.4, -0.2) is 6.10 Å². The number of benzene rings is 1. The predicted octanol–water partition coefficient (Wildman–Crippen LogP) is 3.35. The highest BCUT2D eigenvalue weighted by Gasteiger charge is 2.13. The minimum Gasteiger partial charge on any atom is -0.373 e. The Morgan fingerprint density at radius 2 is 2.00 bits per heavy atom. The van der Waals surface area contributed by atoms with Crippen LogP contribution in [0.15, 0.2) is 30.3 Å². The SMILES string of the molecule is [CH]1CCCCC1OCc1ccccc1. The average Bonchev–Trinajstić information content (AvgIpc) is 2.29. The molecule has 0 amide bonds. The Balaban J connectivity index is 1.76. The van der Waals surface area contributed by atoms with Crippen molar-refractivity contribution in [2.75, 3.05) is 0 Å². The fraction of sp³-hybridized carbons (Fsp3) is 0.462. The molecular formula is C13H17O. The fourth-order valence-electron chi connectivity index (χ4n) is 1.84. The zero-order valence-corrected chi connectivity index (χ0v) is 8.49. The molecule has 0 spiro atoms. The Morgan fingerprint density at radius 3 is 2.71 bits per heavy atom. The lowest BCUT2D eigenvalue weighted by Gasteiger charge is -2.21. The first kappa shape index (κ1) is 9.72. The average molecular weight is 189 g/mol. The van der Waals surface area contributed by atoms with Gasteiger partial charge in [-0.2, -0.15) is 0 Å². The van der Waals surface area contributed by atoms with Crippen LogP contribution in [0.1, 0.15) is 31.2 Å². The van der Waals surface area contributed by atoms with E-state index >= 15 is 0 Å². The van der Waals surface area contributed by atoms with Crippen molar-refractivity contribution < 1.29 is 4.74 Å². The Hall–Kier alpha value is -0.820. The summed E-state index contributed by atoms with van der Waals surface area (Å²) in [5, 5.41) is 0. The molecule has 1 aromatic carbocycles. The van der Waals surface area contributed by atoms with Crippen LogP contribution in [0.25, 0.3) is 0 Å². The molecule has 1 atom stereocenters. The summed E-state index contributed by atoms with van der Waals surface area (Å²) < 4.78 is 5.81. The van der Waals surface area contributed by atoms with E-state index in [4.69, 9.17) is 4.74 Å². The van der Waals surface area contributed by atoms with E-state index in [1.807, 2.05) is 6.07 Å². The van der Waals surface area contributed by atoms with Crippen molar-refractivity contribution in [3.05, 3.63) is 42.3 Å². The monoisotopic (exact) mass is 189 g/mol. The van der Waals surface area contributed by atoms with Gasteiger partial charge < -0.3 is 4.74 Å². The first-order valence-electron chi connectivity index (χ1n) is 5.44. The first-order chi connectivity index (χ1) is 6.95. The highest BCUT2D eigenvalue weighted by atomic mass is 16.5. The number of hydrogen-bond acceptors (Lipinski definition) is 1. The van der Waals surface area contributed by atoms with Crippen LogP contribution in [0, 0.1) is 6.42 Å². The molecule has 0 aliphatic heterocycles. The molecule has 1 radical (unpaired) electrons. The largest absolute Gasteiger partial charge is 0.373 e. The van der Waals surface area contributed by atoms with Gasteiger partial charge in [-0.15, -0.1) is 0 Å². The second-order valence-corrected chi connectivity index (χ2v) is 3.86. The second kappa shape index (κ2) is 5.16. The molecule has 1 fully saturated rings. The quantitative estimate of drug-likeness (QED) is 0.708. The van der Waals surface area contributed by atoms with Gasteiger partial charge in [0.15, 0.2) is 0 Å². The molecule has 1 nitrogen and oxygen atoms in total. The van der Waals surface area contributed by atoms with Gasteiger partial charge in [-0.3, -0.25) is 0 Å². The molecule has 0 bridgehead atoms. The minimum absolute atomic E-state index is 0.393. The topological polar surface area (TPSA) is 9.23 Å². The summed E-state index contributed by atoms with van der Waals surface area (Å²) >= 11 is 0. The molecule has 1 aliphatic carbocycles. The van der Waals surface area contributed by atoms with Gasteiger partial charge in [0.2, 0.25) is 0 Å². The van der Waals surface area contributed by atoms with Gasteiger partial charge >= 0.3 is 0 Å². The van der Waals surface area contributed by atoms with Gasteiger partial charge in [0, 0.05) is 0 Å². The zero-order valence-electron chi connectivity index (χ0n) is 8.49. The van der Waals surface area contributed by atoms with Crippen molar-refractivity contribution in [3.8, 4) is 0 Å². The minimum atomic E-state index is 0.393. The Bertz CT molecular complexity index is 249. The summed E-state index contributed by atoms with van der Waals surface area (Å²) in [5.74, 6) is 0. The maximum Gasteiger partial charge on any atom is 0.0720 e. The van der Waals surface area contributed by atoms with E-state index in [9.17, 15) is 0 Å². The number of hydrogen-bond donors (Lipinski definition) is 0. The third-order valence-electron chi connectivity index (χ3n) is 2.68. The van der Waals surface area contributed by atoms with Crippen LogP contribution in [0.5, 0.6) is 0 Å². The van der Waals surface area contributed by atoms with Crippen LogP contribution in [0.2, 0.25) is 0 Å². The first-order valence-corrected chi connectivity index (χ1v) is 5.44. The van der Waals surface area contributed by atoms with Crippen LogP contribution >= 0.6 is 0 Å². The third kappa shape index (κ3) is 2.85. The normalized spacial score (nSPS) is 18.3. The summed E-state index contributed by atoms with van der Waals surface area (Å²) in [7, 11) is 0. The van der Waals surface area contributed by atoms with E-state index < -0.39 is 0 Å². The van der Waals surface area contributed by atoms with E-state index in [1.54, 1.807) is 0 Å². The molecule has 2 rings (SSSR count). The molecule has 1 aromatic rings. The van der Waals surface area contributed by atoms with Crippen molar-refractivity contribution in [2.45, 2.75) is 38.4 Å². The highest BCUT2D eigenvalue weighted by molar-refractivity contribution is 5.13. The molecular weight excluding hydrogens is 172 g/mol. The maximum absolute atomic E-state index is 5.81. The summed E-state index contributed by atoms with van der Waals surface area (Å²) in [5.41, 5.74) is 1.27. The van der Waals surface area contributed by atoms with Crippen molar-refractivity contribution >= 4 is 0 Å². The molecule has 1 unspecified atom stereocenters. The number of rotatable bonds is 3. The molecule has 0 aromatic heterocycles. The van der Waals surface area contributed by atoms with Crippen LogP contribution < -0.4 is 0 Å².